The standard InChI is InChI=1S/C19H24O/c1-18(2,15-11-7-5-8-12-15)17(20)19(3,4)16-13-9-6-10-14-16/h5-14,17,20H,1-4H3. The molecule has 0 heterocycles. The fourth-order valence-corrected chi connectivity index (χ4v) is 2.95. The van der Waals surface area contributed by atoms with Crippen molar-refractivity contribution in [2.75, 3.05) is 0 Å². The lowest BCUT2D eigenvalue weighted by Crippen LogP contribution is -2.46. The van der Waals surface area contributed by atoms with Crippen LogP contribution in [0.5, 0.6) is 0 Å². The number of aliphatic hydroxyl groups is 1. The third-order valence-electron chi connectivity index (χ3n) is 4.40. The number of hydrogen-bond donors (Lipinski definition) is 1. The monoisotopic (exact) mass is 268 g/mol. The van der Waals surface area contributed by atoms with Crippen molar-refractivity contribution in [3.8, 4) is 0 Å². The van der Waals surface area contributed by atoms with Crippen LogP contribution in [0.25, 0.3) is 0 Å². The summed E-state index contributed by atoms with van der Waals surface area (Å²) < 4.78 is 0. The van der Waals surface area contributed by atoms with Gasteiger partial charge in [-0.25, -0.2) is 0 Å². The van der Waals surface area contributed by atoms with Crippen LogP contribution in [0.1, 0.15) is 38.8 Å². The molecular weight excluding hydrogens is 244 g/mol. The van der Waals surface area contributed by atoms with Gasteiger partial charge in [-0.3, -0.25) is 0 Å². The Kier molecular flexibility index (Phi) is 4.01. The lowest BCUT2D eigenvalue weighted by molar-refractivity contribution is 0.0363. The molecule has 0 aliphatic rings. The van der Waals surface area contributed by atoms with E-state index in [1.807, 2.05) is 36.4 Å². The van der Waals surface area contributed by atoms with E-state index in [0.29, 0.717) is 0 Å². The third-order valence-corrected chi connectivity index (χ3v) is 4.40. The molecule has 0 atom stereocenters. The van der Waals surface area contributed by atoms with Gasteiger partial charge in [0, 0.05) is 10.8 Å². The van der Waals surface area contributed by atoms with Crippen LogP contribution in [0, 0.1) is 0 Å². The van der Waals surface area contributed by atoms with Gasteiger partial charge < -0.3 is 5.11 Å². The van der Waals surface area contributed by atoms with Crippen LogP contribution in [0.4, 0.5) is 0 Å². The van der Waals surface area contributed by atoms with Gasteiger partial charge in [0.1, 0.15) is 0 Å². The molecule has 0 spiro atoms. The fraction of sp³-hybridized carbons (Fsp3) is 0.368. The van der Waals surface area contributed by atoms with Crippen LogP contribution in [0.3, 0.4) is 0 Å². The molecule has 0 saturated carbocycles. The molecule has 0 radical (unpaired) electrons. The molecule has 0 aliphatic heterocycles. The second-order valence-electron chi connectivity index (χ2n) is 6.58. The van der Waals surface area contributed by atoms with Crippen LogP contribution in [0.2, 0.25) is 0 Å². The van der Waals surface area contributed by atoms with Gasteiger partial charge in [0.25, 0.3) is 0 Å². The molecule has 2 aromatic carbocycles. The minimum absolute atomic E-state index is 0.305. The van der Waals surface area contributed by atoms with Crippen molar-refractivity contribution < 1.29 is 5.11 Å². The zero-order chi connectivity index (χ0) is 14.8. The molecule has 2 rings (SSSR count). The molecular formula is C19H24O. The van der Waals surface area contributed by atoms with E-state index >= 15 is 0 Å². The highest BCUT2D eigenvalue weighted by Gasteiger charge is 2.41. The normalized spacial score (nSPS) is 12.7. The predicted molar refractivity (Wildman–Crippen MR) is 84.9 cm³/mol. The van der Waals surface area contributed by atoms with Crippen LogP contribution in [0.15, 0.2) is 60.7 Å². The summed E-state index contributed by atoms with van der Waals surface area (Å²) in [7, 11) is 0. The maximum absolute atomic E-state index is 11.0. The summed E-state index contributed by atoms with van der Waals surface area (Å²) >= 11 is 0. The molecule has 0 unspecified atom stereocenters. The summed E-state index contributed by atoms with van der Waals surface area (Å²) in [6.07, 6.45) is -0.472. The summed E-state index contributed by atoms with van der Waals surface area (Å²) in [6, 6.07) is 20.5. The molecule has 106 valence electrons. The van der Waals surface area contributed by atoms with Crippen molar-refractivity contribution in [2.24, 2.45) is 0 Å². The second-order valence-corrected chi connectivity index (χ2v) is 6.58. The third kappa shape index (κ3) is 2.64. The maximum Gasteiger partial charge on any atom is 0.0722 e. The van der Waals surface area contributed by atoms with Gasteiger partial charge >= 0.3 is 0 Å². The molecule has 1 heteroatoms. The highest BCUT2D eigenvalue weighted by molar-refractivity contribution is 5.32. The van der Waals surface area contributed by atoms with Crippen molar-refractivity contribution in [2.45, 2.75) is 44.6 Å². The molecule has 0 amide bonds. The van der Waals surface area contributed by atoms with E-state index in [0.717, 1.165) is 11.1 Å². The van der Waals surface area contributed by atoms with Gasteiger partial charge in [0.05, 0.1) is 6.10 Å². The molecule has 0 fully saturated rings. The molecule has 20 heavy (non-hydrogen) atoms. The topological polar surface area (TPSA) is 20.2 Å². The first-order chi connectivity index (χ1) is 9.37. The summed E-state index contributed by atoms with van der Waals surface area (Å²) in [5.74, 6) is 0. The van der Waals surface area contributed by atoms with Crippen molar-refractivity contribution in [3.05, 3.63) is 71.8 Å². The number of rotatable bonds is 4. The Labute approximate surface area is 122 Å². The Balaban J connectivity index is 2.37. The zero-order valence-electron chi connectivity index (χ0n) is 12.8. The molecule has 1 N–H and O–H groups in total. The van der Waals surface area contributed by atoms with E-state index in [9.17, 15) is 5.11 Å². The number of aliphatic hydroxyl groups excluding tert-OH is 1. The highest BCUT2D eigenvalue weighted by Crippen LogP contribution is 2.38. The molecule has 2 aromatic rings. The molecule has 0 aliphatic carbocycles. The number of benzene rings is 2. The maximum atomic E-state index is 11.0. The van der Waals surface area contributed by atoms with E-state index < -0.39 is 6.10 Å². The quantitative estimate of drug-likeness (QED) is 0.876. The van der Waals surface area contributed by atoms with Gasteiger partial charge in [0.2, 0.25) is 0 Å². The average Bonchev–Trinajstić information content (AvgIpc) is 2.48. The van der Waals surface area contributed by atoms with Crippen molar-refractivity contribution in [1.29, 1.82) is 0 Å². The van der Waals surface area contributed by atoms with Crippen molar-refractivity contribution >= 4 is 0 Å². The molecule has 0 saturated heterocycles. The van der Waals surface area contributed by atoms with E-state index in [2.05, 4.69) is 52.0 Å². The Morgan fingerprint density at radius 3 is 1.25 bits per heavy atom. The van der Waals surface area contributed by atoms with E-state index in [4.69, 9.17) is 0 Å². The Morgan fingerprint density at radius 2 is 0.950 bits per heavy atom. The summed E-state index contributed by atoms with van der Waals surface area (Å²) in [5, 5.41) is 11.0. The van der Waals surface area contributed by atoms with Crippen molar-refractivity contribution in [3.63, 3.8) is 0 Å². The minimum atomic E-state index is -0.472. The Morgan fingerprint density at radius 1 is 0.650 bits per heavy atom. The van der Waals surface area contributed by atoms with Crippen LogP contribution >= 0.6 is 0 Å². The molecule has 0 bridgehead atoms. The van der Waals surface area contributed by atoms with E-state index in [-0.39, 0.29) is 10.8 Å². The first-order valence-corrected chi connectivity index (χ1v) is 7.16. The number of hydrogen-bond acceptors (Lipinski definition) is 1. The lowest BCUT2D eigenvalue weighted by Gasteiger charge is -2.42. The van der Waals surface area contributed by atoms with E-state index in [1.165, 1.54) is 0 Å². The Bertz CT molecular complexity index is 489. The SMILES string of the molecule is CC(C)(c1ccccc1)C(O)C(C)(C)c1ccccc1. The summed E-state index contributed by atoms with van der Waals surface area (Å²) in [4.78, 5) is 0. The summed E-state index contributed by atoms with van der Waals surface area (Å²) in [5.41, 5.74) is 1.72. The van der Waals surface area contributed by atoms with E-state index in [1.54, 1.807) is 0 Å². The largest absolute Gasteiger partial charge is 0.391 e. The second kappa shape index (κ2) is 5.41. The predicted octanol–water partition coefficient (Wildman–Crippen LogP) is 4.30. The first-order valence-electron chi connectivity index (χ1n) is 7.16. The van der Waals surface area contributed by atoms with Crippen molar-refractivity contribution in [1.82, 2.24) is 0 Å². The summed E-state index contributed by atoms with van der Waals surface area (Å²) in [6.45, 7) is 8.44. The highest BCUT2D eigenvalue weighted by atomic mass is 16.3. The molecule has 1 nitrogen and oxygen atoms in total. The lowest BCUT2D eigenvalue weighted by atomic mass is 9.66. The molecule has 0 aromatic heterocycles. The van der Waals surface area contributed by atoms with Crippen LogP contribution in [-0.2, 0) is 10.8 Å². The van der Waals surface area contributed by atoms with Gasteiger partial charge in [0.15, 0.2) is 0 Å². The minimum Gasteiger partial charge on any atom is -0.391 e. The smallest absolute Gasteiger partial charge is 0.0722 e. The van der Waals surface area contributed by atoms with Crippen LogP contribution in [-0.4, -0.2) is 11.2 Å². The van der Waals surface area contributed by atoms with Gasteiger partial charge in [-0.1, -0.05) is 88.4 Å². The van der Waals surface area contributed by atoms with Gasteiger partial charge in [-0.2, -0.15) is 0 Å². The average molecular weight is 268 g/mol. The Hall–Kier alpha value is -1.60. The first kappa shape index (κ1) is 14.8. The van der Waals surface area contributed by atoms with Gasteiger partial charge in [-0.15, -0.1) is 0 Å². The zero-order valence-corrected chi connectivity index (χ0v) is 12.8. The van der Waals surface area contributed by atoms with Gasteiger partial charge in [-0.05, 0) is 11.1 Å². The van der Waals surface area contributed by atoms with Crippen LogP contribution < -0.4 is 0 Å². The fourth-order valence-electron chi connectivity index (χ4n) is 2.95.